The molecule has 0 amide bonds. The van der Waals surface area contributed by atoms with Crippen molar-refractivity contribution >= 4 is 17.4 Å². The van der Waals surface area contributed by atoms with Crippen LogP contribution in [0.25, 0.3) is 0 Å². The van der Waals surface area contributed by atoms with Crippen LogP contribution in [0.2, 0.25) is 0 Å². The van der Waals surface area contributed by atoms with E-state index in [-0.39, 0.29) is 6.10 Å². The summed E-state index contributed by atoms with van der Waals surface area (Å²) in [6, 6.07) is 0. The second-order valence-corrected chi connectivity index (χ2v) is 1.78. The maximum Gasteiger partial charge on any atom is 0.147 e. The third-order valence-corrected chi connectivity index (χ3v) is 0.666. The summed E-state index contributed by atoms with van der Waals surface area (Å²) < 4.78 is 4.99. The van der Waals surface area contributed by atoms with Gasteiger partial charge in [-0.1, -0.05) is 0 Å². The average molecular weight is 131 g/mol. The zero-order chi connectivity index (χ0) is 6.41. The molecule has 0 aliphatic carbocycles. The monoisotopic (exact) mass is 131 g/mol. The molecule has 0 heterocycles. The summed E-state index contributed by atoms with van der Waals surface area (Å²) in [4.78, 5) is 3.55. The number of isothiocyanates is 1. The van der Waals surface area contributed by atoms with Gasteiger partial charge in [-0.15, -0.1) is 0 Å². The summed E-state index contributed by atoms with van der Waals surface area (Å²) in [5, 5.41) is 2.21. The Hall–Kier alpha value is -0.240. The quantitative estimate of drug-likeness (QED) is 0.427. The van der Waals surface area contributed by atoms with E-state index in [1.807, 2.05) is 13.8 Å². The number of rotatable bonds is 3. The van der Waals surface area contributed by atoms with Gasteiger partial charge in [0, 0.05) is 0 Å². The van der Waals surface area contributed by atoms with Crippen LogP contribution in [0.5, 0.6) is 0 Å². The van der Waals surface area contributed by atoms with Crippen molar-refractivity contribution in [1.29, 1.82) is 0 Å². The van der Waals surface area contributed by atoms with Gasteiger partial charge in [0.05, 0.1) is 11.3 Å². The van der Waals surface area contributed by atoms with Gasteiger partial charge in [-0.05, 0) is 26.1 Å². The highest BCUT2D eigenvalue weighted by Gasteiger charge is 1.86. The van der Waals surface area contributed by atoms with Crippen LogP contribution >= 0.6 is 12.2 Å². The van der Waals surface area contributed by atoms with Gasteiger partial charge in [0.25, 0.3) is 0 Å². The molecule has 0 aliphatic rings. The van der Waals surface area contributed by atoms with E-state index in [1.165, 1.54) is 0 Å². The molecule has 0 saturated heterocycles. The zero-order valence-electron chi connectivity index (χ0n) is 5.05. The van der Waals surface area contributed by atoms with E-state index in [0.717, 1.165) is 0 Å². The van der Waals surface area contributed by atoms with Crippen LogP contribution in [0.4, 0.5) is 0 Å². The normalized spacial score (nSPS) is 8.88. The minimum absolute atomic E-state index is 0.224. The van der Waals surface area contributed by atoms with E-state index >= 15 is 0 Å². The van der Waals surface area contributed by atoms with Gasteiger partial charge >= 0.3 is 0 Å². The molecule has 0 atom stereocenters. The molecule has 0 N–H and O–H groups in total. The highest BCUT2D eigenvalue weighted by atomic mass is 32.1. The molecule has 0 radical (unpaired) electrons. The zero-order valence-corrected chi connectivity index (χ0v) is 5.86. The number of aliphatic imine (C=N–C) groups is 1. The van der Waals surface area contributed by atoms with Crippen LogP contribution in [0.3, 0.4) is 0 Å². The molecule has 0 aliphatic heterocycles. The summed E-state index contributed by atoms with van der Waals surface area (Å²) in [7, 11) is 0. The van der Waals surface area contributed by atoms with Crippen molar-refractivity contribution in [2.75, 3.05) is 6.73 Å². The lowest BCUT2D eigenvalue weighted by atomic mass is 10.5. The molecule has 2 nitrogen and oxygen atoms in total. The SMILES string of the molecule is CC(C)OCN=C=S. The predicted octanol–water partition coefficient (Wildman–Crippen LogP) is 1.47. The highest BCUT2D eigenvalue weighted by Crippen LogP contribution is 1.85. The number of hydrogen-bond acceptors (Lipinski definition) is 3. The number of nitrogens with zero attached hydrogens (tertiary/aromatic N) is 1. The molecular formula is C5H9NOS. The second-order valence-electron chi connectivity index (χ2n) is 1.59. The summed E-state index contributed by atoms with van der Waals surface area (Å²) in [5.41, 5.74) is 0. The largest absolute Gasteiger partial charge is 0.356 e. The fourth-order valence-corrected chi connectivity index (χ4v) is 0.265. The van der Waals surface area contributed by atoms with Crippen LogP contribution in [0.1, 0.15) is 13.8 Å². The van der Waals surface area contributed by atoms with Gasteiger partial charge < -0.3 is 4.74 Å². The minimum Gasteiger partial charge on any atom is -0.356 e. The van der Waals surface area contributed by atoms with E-state index in [1.54, 1.807) is 0 Å². The molecule has 0 aromatic carbocycles. The maximum atomic E-state index is 4.99. The lowest BCUT2D eigenvalue weighted by molar-refractivity contribution is 0.0859. The third-order valence-electron chi connectivity index (χ3n) is 0.537. The number of thiocarbonyl (C=S) groups is 1. The molecule has 0 rings (SSSR count). The van der Waals surface area contributed by atoms with Crippen molar-refractivity contribution in [2.45, 2.75) is 20.0 Å². The Labute approximate surface area is 54.6 Å². The topological polar surface area (TPSA) is 21.6 Å². The molecule has 0 spiro atoms. The first-order valence-corrected chi connectivity index (χ1v) is 2.83. The van der Waals surface area contributed by atoms with E-state index in [9.17, 15) is 0 Å². The molecule has 0 unspecified atom stereocenters. The maximum absolute atomic E-state index is 4.99. The third kappa shape index (κ3) is 5.76. The lowest BCUT2D eigenvalue weighted by Crippen LogP contribution is -2.01. The summed E-state index contributed by atoms with van der Waals surface area (Å²) >= 11 is 4.31. The Morgan fingerprint density at radius 3 is 2.75 bits per heavy atom. The van der Waals surface area contributed by atoms with Crippen LogP contribution < -0.4 is 0 Å². The summed E-state index contributed by atoms with van der Waals surface area (Å²) in [5.74, 6) is 0. The Kier molecular flexibility index (Phi) is 4.76. The summed E-state index contributed by atoms with van der Waals surface area (Å²) in [6.45, 7) is 4.22. The number of hydrogen-bond donors (Lipinski definition) is 0. The van der Waals surface area contributed by atoms with Gasteiger partial charge in [0.2, 0.25) is 0 Å². The van der Waals surface area contributed by atoms with Crippen molar-refractivity contribution < 1.29 is 4.74 Å². The van der Waals surface area contributed by atoms with Gasteiger partial charge in [-0.25, -0.2) is 4.99 Å². The first kappa shape index (κ1) is 7.76. The van der Waals surface area contributed by atoms with Crippen LogP contribution in [-0.2, 0) is 4.74 Å². The van der Waals surface area contributed by atoms with E-state index in [0.29, 0.717) is 6.73 Å². The minimum atomic E-state index is 0.224. The van der Waals surface area contributed by atoms with Crippen LogP contribution in [0, 0.1) is 0 Å². The molecule has 46 valence electrons. The van der Waals surface area contributed by atoms with Gasteiger partial charge in [-0.2, -0.15) is 0 Å². The molecule has 0 aromatic heterocycles. The Morgan fingerprint density at radius 2 is 2.38 bits per heavy atom. The van der Waals surface area contributed by atoms with E-state index in [4.69, 9.17) is 4.74 Å². The van der Waals surface area contributed by atoms with Crippen molar-refractivity contribution in [1.82, 2.24) is 0 Å². The van der Waals surface area contributed by atoms with Crippen molar-refractivity contribution in [2.24, 2.45) is 4.99 Å². The Morgan fingerprint density at radius 1 is 1.75 bits per heavy atom. The first-order chi connectivity index (χ1) is 3.77. The fraction of sp³-hybridized carbons (Fsp3) is 0.800. The molecule has 0 fully saturated rings. The highest BCUT2D eigenvalue weighted by molar-refractivity contribution is 7.78. The van der Waals surface area contributed by atoms with E-state index in [2.05, 4.69) is 22.4 Å². The van der Waals surface area contributed by atoms with Crippen molar-refractivity contribution in [3.8, 4) is 0 Å². The average Bonchev–Trinajstić information content (AvgIpc) is 1.66. The molecule has 3 heteroatoms. The molecule has 0 bridgehead atoms. The van der Waals surface area contributed by atoms with Crippen molar-refractivity contribution in [3.05, 3.63) is 0 Å². The van der Waals surface area contributed by atoms with E-state index < -0.39 is 0 Å². The first-order valence-electron chi connectivity index (χ1n) is 2.42. The fourth-order valence-electron chi connectivity index (χ4n) is 0.213. The lowest BCUT2D eigenvalue weighted by Gasteiger charge is -2.00. The molecule has 0 saturated carbocycles. The molecular weight excluding hydrogens is 122 g/mol. The number of ether oxygens (including phenoxy) is 1. The smallest absolute Gasteiger partial charge is 0.147 e. The van der Waals surface area contributed by atoms with Crippen LogP contribution in [-0.4, -0.2) is 18.0 Å². The Balaban J connectivity index is 3.05. The predicted molar refractivity (Wildman–Crippen MR) is 36.1 cm³/mol. The van der Waals surface area contributed by atoms with Gasteiger partial charge in [-0.3, -0.25) is 0 Å². The summed E-state index contributed by atoms with van der Waals surface area (Å²) in [6.07, 6.45) is 0.224. The van der Waals surface area contributed by atoms with Crippen LogP contribution in [0.15, 0.2) is 4.99 Å². The molecule has 0 aromatic rings. The molecule has 8 heavy (non-hydrogen) atoms. The van der Waals surface area contributed by atoms with Gasteiger partial charge in [0.15, 0.2) is 0 Å². The second kappa shape index (κ2) is 4.91. The van der Waals surface area contributed by atoms with Crippen molar-refractivity contribution in [3.63, 3.8) is 0 Å². The van der Waals surface area contributed by atoms with Gasteiger partial charge in [0.1, 0.15) is 6.73 Å². The standard InChI is InChI=1S/C5H9NOS/c1-5(2)7-3-6-4-8/h5H,3H2,1-2H3. The Bertz CT molecular complexity index is 96.6.